The van der Waals surface area contributed by atoms with Crippen LogP contribution in [0.1, 0.15) is 32.1 Å². The van der Waals surface area contributed by atoms with Gasteiger partial charge < -0.3 is 10.5 Å². The zero-order chi connectivity index (χ0) is 14.7. The lowest BCUT2D eigenvalue weighted by Crippen LogP contribution is -2.41. The highest BCUT2D eigenvalue weighted by Gasteiger charge is 2.51. The van der Waals surface area contributed by atoms with Crippen LogP contribution in [0.25, 0.3) is 0 Å². The molecule has 0 amide bonds. The van der Waals surface area contributed by atoms with Crippen molar-refractivity contribution in [1.82, 2.24) is 0 Å². The maximum Gasteiger partial charge on any atom is 0.491 e. The van der Waals surface area contributed by atoms with E-state index in [-0.39, 0.29) is 6.42 Å². The first-order valence-electron chi connectivity index (χ1n) is 5.95. The van der Waals surface area contributed by atoms with Gasteiger partial charge in [0.25, 0.3) is 0 Å². The molecule has 0 unspecified atom stereocenters. The summed E-state index contributed by atoms with van der Waals surface area (Å²) < 4.78 is 40.3. The Balaban J connectivity index is 2.81. The molecule has 0 aromatic carbocycles. The standard InChI is InChI=1S/C11H16F3NO3S/c12-11(13,14)9(17)18-8(16)10(5-2-6-15)4-1-3-7(10)19/h7,19H,1-6,15H2/t7-,10-/m1/s1. The highest BCUT2D eigenvalue weighted by molar-refractivity contribution is 7.81. The zero-order valence-electron chi connectivity index (χ0n) is 10.2. The van der Waals surface area contributed by atoms with Gasteiger partial charge in [-0.15, -0.1) is 0 Å². The molecule has 110 valence electrons. The van der Waals surface area contributed by atoms with Gasteiger partial charge in [0, 0.05) is 5.25 Å². The minimum Gasteiger partial charge on any atom is -0.386 e. The van der Waals surface area contributed by atoms with Crippen LogP contribution < -0.4 is 5.73 Å². The molecule has 19 heavy (non-hydrogen) atoms. The summed E-state index contributed by atoms with van der Waals surface area (Å²) in [4.78, 5) is 22.6. The monoisotopic (exact) mass is 299 g/mol. The number of thiol groups is 1. The predicted molar refractivity (Wildman–Crippen MR) is 64.5 cm³/mol. The van der Waals surface area contributed by atoms with Gasteiger partial charge in [0.1, 0.15) is 0 Å². The Kier molecular flexibility index (Phi) is 5.26. The first-order chi connectivity index (χ1) is 8.74. The summed E-state index contributed by atoms with van der Waals surface area (Å²) in [5.74, 6) is -3.61. The number of carbonyl (C=O) groups excluding carboxylic acids is 2. The molecule has 1 saturated carbocycles. The summed E-state index contributed by atoms with van der Waals surface area (Å²) in [6.07, 6.45) is -2.80. The molecule has 1 rings (SSSR count). The molecule has 1 aliphatic carbocycles. The van der Waals surface area contributed by atoms with Crippen molar-refractivity contribution in [3.8, 4) is 0 Å². The second-order valence-corrected chi connectivity index (χ2v) is 5.25. The number of alkyl halides is 3. The molecule has 2 N–H and O–H groups in total. The summed E-state index contributed by atoms with van der Waals surface area (Å²) >= 11 is 4.25. The number of ether oxygens (including phenoxy) is 1. The van der Waals surface area contributed by atoms with Crippen LogP contribution in [0.5, 0.6) is 0 Å². The Labute approximate surface area is 114 Å². The lowest BCUT2D eigenvalue weighted by Gasteiger charge is -2.30. The summed E-state index contributed by atoms with van der Waals surface area (Å²) in [5.41, 5.74) is 4.22. The molecule has 0 radical (unpaired) electrons. The van der Waals surface area contributed by atoms with E-state index < -0.39 is 28.8 Å². The highest BCUT2D eigenvalue weighted by Crippen LogP contribution is 2.46. The zero-order valence-corrected chi connectivity index (χ0v) is 11.1. The minimum absolute atomic E-state index is 0.279. The molecule has 0 aliphatic heterocycles. The average Bonchev–Trinajstić information content (AvgIpc) is 2.68. The summed E-state index contributed by atoms with van der Waals surface area (Å²) in [6.45, 7) is 0.308. The van der Waals surface area contributed by atoms with E-state index in [1.807, 2.05) is 0 Å². The fourth-order valence-electron chi connectivity index (χ4n) is 2.35. The van der Waals surface area contributed by atoms with Gasteiger partial charge in [0.05, 0.1) is 5.41 Å². The second-order valence-electron chi connectivity index (χ2n) is 4.63. The molecule has 1 aliphatic rings. The Bertz CT molecular complexity index is 362. The molecule has 2 atom stereocenters. The lowest BCUT2D eigenvalue weighted by molar-refractivity contribution is -0.205. The molecule has 0 aromatic rings. The van der Waals surface area contributed by atoms with Crippen molar-refractivity contribution in [1.29, 1.82) is 0 Å². The number of hydrogen-bond donors (Lipinski definition) is 2. The number of rotatable bonds is 4. The summed E-state index contributed by atoms with van der Waals surface area (Å²) in [6, 6.07) is 0. The van der Waals surface area contributed by atoms with Crippen molar-refractivity contribution < 1.29 is 27.5 Å². The van der Waals surface area contributed by atoms with Gasteiger partial charge in [0.2, 0.25) is 0 Å². The van der Waals surface area contributed by atoms with Crippen molar-refractivity contribution in [3.63, 3.8) is 0 Å². The van der Waals surface area contributed by atoms with Crippen LogP contribution in [0.4, 0.5) is 13.2 Å². The van der Waals surface area contributed by atoms with Gasteiger partial charge in [-0.3, -0.25) is 4.79 Å². The van der Waals surface area contributed by atoms with E-state index in [2.05, 4.69) is 17.4 Å². The first kappa shape index (κ1) is 16.3. The van der Waals surface area contributed by atoms with Gasteiger partial charge in [-0.1, -0.05) is 6.42 Å². The highest BCUT2D eigenvalue weighted by atomic mass is 32.1. The number of nitrogens with two attached hydrogens (primary N) is 1. The topological polar surface area (TPSA) is 69.4 Å². The van der Waals surface area contributed by atoms with Crippen LogP contribution in [0.15, 0.2) is 0 Å². The fourth-order valence-corrected chi connectivity index (χ4v) is 2.89. The third-order valence-electron chi connectivity index (χ3n) is 3.39. The fraction of sp³-hybridized carbons (Fsp3) is 0.818. The normalized spacial score (nSPS) is 27.3. The maximum absolute atomic E-state index is 12.1. The van der Waals surface area contributed by atoms with Crippen molar-refractivity contribution in [3.05, 3.63) is 0 Å². The molecule has 0 heterocycles. The predicted octanol–water partition coefficient (Wildman–Crippen LogP) is 1.83. The van der Waals surface area contributed by atoms with Gasteiger partial charge in [0.15, 0.2) is 0 Å². The molecule has 0 spiro atoms. The number of hydrogen-bond acceptors (Lipinski definition) is 5. The van der Waals surface area contributed by atoms with Crippen molar-refractivity contribution in [2.24, 2.45) is 11.1 Å². The van der Waals surface area contributed by atoms with Gasteiger partial charge >= 0.3 is 18.1 Å². The molecule has 1 fully saturated rings. The minimum atomic E-state index is -5.17. The molecular formula is C11H16F3NO3S. The number of halogens is 3. The Morgan fingerprint density at radius 1 is 1.42 bits per heavy atom. The van der Waals surface area contributed by atoms with Crippen LogP contribution in [-0.2, 0) is 14.3 Å². The number of esters is 2. The third-order valence-corrected chi connectivity index (χ3v) is 4.14. The van der Waals surface area contributed by atoms with Crippen LogP contribution in [0.2, 0.25) is 0 Å². The molecule has 0 saturated heterocycles. The van der Waals surface area contributed by atoms with E-state index in [4.69, 9.17) is 5.73 Å². The largest absolute Gasteiger partial charge is 0.491 e. The van der Waals surface area contributed by atoms with Gasteiger partial charge in [-0.2, -0.15) is 25.8 Å². The Hall–Kier alpha value is -0.760. The molecular weight excluding hydrogens is 283 g/mol. The lowest BCUT2D eigenvalue weighted by atomic mass is 9.81. The van der Waals surface area contributed by atoms with Crippen LogP contribution in [0.3, 0.4) is 0 Å². The van der Waals surface area contributed by atoms with Gasteiger partial charge in [-0.25, -0.2) is 4.79 Å². The summed E-state index contributed by atoms with van der Waals surface area (Å²) in [5, 5.41) is -0.410. The smallest absolute Gasteiger partial charge is 0.386 e. The maximum atomic E-state index is 12.1. The van der Waals surface area contributed by atoms with E-state index in [0.717, 1.165) is 0 Å². The number of carbonyl (C=O) groups is 2. The van der Waals surface area contributed by atoms with E-state index >= 15 is 0 Å². The van der Waals surface area contributed by atoms with E-state index in [1.54, 1.807) is 0 Å². The van der Waals surface area contributed by atoms with Crippen LogP contribution >= 0.6 is 12.6 Å². The Morgan fingerprint density at radius 3 is 2.47 bits per heavy atom. The van der Waals surface area contributed by atoms with E-state index in [0.29, 0.717) is 32.2 Å². The third kappa shape index (κ3) is 3.62. The van der Waals surface area contributed by atoms with Crippen LogP contribution in [0, 0.1) is 5.41 Å². The quantitative estimate of drug-likeness (QED) is 0.472. The first-order valence-corrected chi connectivity index (χ1v) is 6.47. The summed E-state index contributed by atoms with van der Waals surface area (Å²) in [7, 11) is 0. The van der Waals surface area contributed by atoms with Crippen molar-refractivity contribution in [2.75, 3.05) is 6.54 Å². The Morgan fingerprint density at radius 2 is 2.05 bits per heavy atom. The van der Waals surface area contributed by atoms with Gasteiger partial charge in [-0.05, 0) is 32.2 Å². The molecule has 8 heteroatoms. The molecule has 0 bridgehead atoms. The SMILES string of the molecule is NCCC[C@]1(C(=O)OC(=O)C(F)(F)F)CCC[C@H]1S. The van der Waals surface area contributed by atoms with Crippen molar-refractivity contribution in [2.45, 2.75) is 43.5 Å². The van der Waals surface area contributed by atoms with Crippen molar-refractivity contribution >= 4 is 24.6 Å². The van der Waals surface area contributed by atoms with E-state index in [9.17, 15) is 22.8 Å². The van der Waals surface area contributed by atoms with E-state index in [1.165, 1.54) is 0 Å². The molecule has 0 aromatic heterocycles. The molecule has 4 nitrogen and oxygen atoms in total. The average molecular weight is 299 g/mol. The second kappa shape index (κ2) is 6.13. The van der Waals surface area contributed by atoms with Crippen LogP contribution in [-0.4, -0.2) is 29.9 Å².